The molecule has 0 radical (unpaired) electrons. The van der Waals surface area contributed by atoms with Gasteiger partial charge in [-0.15, -0.1) is 0 Å². The molecule has 7 nitrogen and oxygen atoms in total. The predicted octanol–water partition coefficient (Wildman–Crippen LogP) is 0.174. The van der Waals surface area contributed by atoms with Crippen LogP contribution in [0, 0.1) is 0 Å². The summed E-state index contributed by atoms with van der Waals surface area (Å²) in [6.07, 6.45) is 0. The van der Waals surface area contributed by atoms with Crippen molar-refractivity contribution in [2.24, 2.45) is 0 Å². The third-order valence-corrected chi connectivity index (χ3v) is 2.53. The molecule has 0 spiro atoms. The Morgan fingerprint density at radius 3 is 1.59 bits per heavy atom. The summed E-state index contributed by atoms with van der Waals surface area (Å²) in [6.45, 7) is 0. The van der Waals surface area contributed by atoms with Crippen LogP contribution in [0.4, 0.5) is 0 Å². The van der Waals surface area contributed by atoms with E-state index in [1.54, 1.807) is 0 Å². The molecule has 0 fully saturated rings. The van der Waals surface area contributed by atoms with Gasteiger partial charge in [0.05, 0.1) is 16.0 Å². The molecule has 3 N–H and O–H groups in total. The first-order chi connectivity index (χ1) is 7.21. The summed E-state index contributed by atoms with van der Waals surface area (Å²) < 4.78 is 30.2. The van der Waals surface area contributed by atoms with E-state index in [1.807, 2.05) is 0 Å². The molecule has 0 unspecified atom stereocenters. The van der Waals surface area contributed by atoms with Crippen molar-refractivity contribution in [3.63, 3.8) is 0 Å². The van der Waals surface area contributed by atoms with Crippen LogP contribution in [0.1, 0.15) is 23.6 Å². The Morgan fingerprint density at radius 2 is 1.35 bits per heavy atom. The molecule has 0 saturated heterocycles. The fourth-order valence-electron chi connectivity index (χ4n) is 0.995. The molecule has 1 aromatic carbocycles. The summed E-state index contributed by atoms with van der Waals surface area (Å²) in [4.78, 5) is 20.4. The van der Waals surface area contributed by atoms with Crippen LogP contribution in [0.2, 0.25) is 0 Å². The molecule has 1 rings (SSSR count). The van der Waals surface area contributed by atoms with Crippen LogP contribution < -0.4 is 0 Å². The standard InChI is InChI=1S/C8H6O7S.Ca.2H/c9-7(10)4-1-5(8(11)12)3-6(2-4)16(13,14)15;;;/h1-3H,(H,9,10)(H,11,12)(H,13,14,15);;;/q;+2;2*-1. The largest absolute Gasteiger partial charge is 2.00 e. The molecular formula is C8H8CaO7S. The first-order valence-electron chi connectivity index (χ1n) is 3.81. The monoisotopic (exact) mass is 288 g/mol. The van der Waals surface area contributed by atoms with Crippen LogP contribution in [-0.2, 0) is 10.1 Å². The maximum absolute atomic E-state index is 10.8. The third kappa shape index (κ3) is 4.25. The van der Waals surface area contributed by atoms with E-state index in [-0.39, 0.29) is 40.6 Å². The average Bonchev–Trinajstić information content (AvgIpc) is 2.15. The SMILES string of the molecule is O=C(O)c1cc(C(=O)O)cc(S(=O)(=O)O)c1.[Ca+2].[H-].[H-]. The van der Waals surface area contributed by atoms with E-state index in [0.717, 1.165) is 6.07 Å². The number of carbonyl (C=O) groups is 2. The fraction of sp³-hybridized carbons (Fsp3) is 0. The van der Waals surface area contributed by atoms with Crippen molar-refractivity contribution in [1.29, 1.82) is 0 Å². The first kappa shape index (κ1) is 16.3. The van der Waals surface area contributed by atoms with Crippen LogP contribution >= 0.6 is 0 Å². The molecular weight excluding hydrogens is 280 g/mol. The summed E-state index contributed by atoms with van der Waals surface area (Å²) in [5, 5.41) is 17.2. The molecule has 1 aromatic rings. The van der Waals surface area contributed by atoms with Crippen molar-refractivity contribution in [2.75, 3.05) is 0 Å². The summed E-state index contributed by atoms with van der Waals surface area (Å²) in [5.74, 6) is -2.99. The summed E-state index contributed by atoms with van der Waals surface area (Å²) in [5.41, 5.74) is -1.07. The molecule has 0 saturated carbocycles. The zero-order chi connectivity index (χ0) is 12.5. The van der Waals surface area contributed by atoms with Gasteiger partial charge in [-0.1, -0.05) is 0 Å². The molecule has 0 aromatic heterocycles. The number of carboxylic acid groups (broad SMARTS) is 2. The van der Waals surface area contributed by atoms with Gasteiger partial charge < -0.3 is 13.1 Å². The number of aromatic carboxylic acids is 2. The van der Waals surface area contributed by atoms with Crippen LogP contribution in [0.15, 0.2) is 23.1 Å². The summed E-state index contributed by atoms with van der Waals surface area (Å²) in [6, 6.07) is 2.13. The van der Waals surface area contributed by atoms with Crippen LogP contribution in [-0.4, -0.2) is 72.9 Å². The van der Waals surface area contributed by atoms with E-state index >= 15 is 0 Å². The Morgan fingerprint density at radius 1 is 1.00 bits per heavy atom. The summed E-state index contributed by atoms with van der Waals surface area (Å²) in [7, 11) is -4.64. The van der Waals surface area contributed by atoms with Gasteiger partial charge in [0.25, 0.3) is 10.1 Å². The molecule has 90 valence electrons. The molecule has 0 aliphatic rings. The van der Waals surface area contributed by atoms with Crippen molar-refractivity contribution < 1.29 is 35.6 Å². The van der Waals surface area contributed by atoms with Gasteiger partial charge in [-0.2, -0.15) is 8.42 Å². The van der Waals surface area contributed by atoms with Crippen molar-refractivity contribution >= 4 is 59.8 Å². The van der Waals surface area contributed by atoms with Crippen LogP contribution in [0.5, 0.6) is 0 Å². The van der Waals surface area contributed by atoms with Crippen molar-refractivity contribution in [1.82, 2.24) is 0 Å². The van der Waals surface area contributed by atoms with E-state index in [1.165, 1.54) is 0 Å². The van der Waals surface area contributed by atoms with Gasteiger partial charge in [-0.05, 0) is 18.2 Å². The zero-order valence-corrected chi connectivity index (χ0v) is 11.3. The second-order valence-electron chi connectivity index (χ2n) is 2.83. The average molecular weight is 288 g/mol. The van der Waals surface area contributed by atoms with Gasteiger partial charge in [-0.25, -0.2) is 9.59 Å². The fourth-order valence-corrected chi connectivity index (χ4v) is 1.55. The predicted molar refractivity (Wildman–Crippen MR) is 58.2 cm³/mol. The van der Waals surface area contributed by atoms with Gasteiger partial charge in [0.2, 0.25) is 0 Å². The minimum Gasteiger partial charge on any atom is -1.00 e. The molecule has 0 aliphatic carbocycles. The number of hydrogen-bond donors (Lipinski definition) is 3. The van der Waals surface area contributed by atoms with E-state index < -0.39 is 38.1 Å². The smallest absolute Gasteiger partial charge is 1.00 e. The molecule has 9 heteroatoms. The molecule has 0 atom stereocenters. The molecule has 0 bridgehead atoms. The minimum absolute atomic E-state index is 0. The van der Waals surface area contributed by atoms with Crippen molar-refractivity contribution in [3.8, 4) is 0 Å². The van der Waals surface area contributed by atoms with E-state index in [2.05, 4.69) is 0 Å². The van der Waals surface area contributed by atoms with Gasteiger partial charge in [-0.3, -0.25) is 4.55 Å². The quantitative estimate of drug-likeness (QED) is 0.534. The minimum atomic E-state index is -4.64. The van der Waals surface area contributed by atoms with Gasteiger partial charge in [0.1, 0.15) is 0 Å². The van der Waals surface area contributed by atoms with Crippen LogP contribution in [0.3, 0.4) is 0 Å². The second-order valence-corrected chi connectivity index (χ2v) is 4.25. The molecule has 17 heavy (non-hydrogen) atoms. The van der Waals surface area contributed by atoms with E-state index in [9.17, 15) is 18.0 Å². The Bertz CT molecular complexity index is 540. The Hall–Kier alpha value is -0.670. The Kier molecular flexibility index (Phi) is 5.56. The maximum atomic E-state index is 10.8. The van der Waals surface area contributed by atoms with Crippen molar-refractivity contribution in [3.05, 3.63) is 29.3 Å². The number of hydrogen-bond acceptors (Lipinski definition) is 4. The van der Waals surface area contributed by atoms with E-state index in [0.29, 0.717) is 12.1 Å². The zero-order valence-electron chi connectivity index (χ0n) is 10.3. The number of rotatable bonds is 3. The van der Waals surface area contributed by atoms with Gasteiger partial charge in [0.15, 0.2) is 0 Å². The van der Waals surface area contributed by atoms with Crippen LogP contribution in [0.25, 0.3) is 0 Å². The Labute approximate surface area is 129 Å². The normalized spacial score (nSPS) is 10.4. The van der Waals surface area contributed by atoms with E-state index in [4.69, 9.17) is 14.8 Å². The van der Waals surface area contributed by atoms with Gasteiger partial charge in [0, 0.05) is 0 Å². The summed E-state index contributed by atoms with van der Waals surface area (Å²) >= 11 is 0. The number of carboxylic acids is 2. The molecule has 0 heterocycles. The Balaban J connectivity index is -0.000000853. The first-order valence-corrected chi connectivity index (χ1v) is 5.25. The molecule has 0 aliphatic heterocycles. The molecule has 0 amide bonds. The van der Waals surface area contributed by atoms with Crippen molar-refractivity contribution in [2.45, 2.75) is 4.90 Å². The topological polar surface area (TPSA) is 129 Å². The number of benzene rings is 1. The maximum Gasteiger partial charge on any atom is 2.00 e. The second kappa shape index (κ2) is 5.78. The van der Waals surface area contributed by atoms with Gasteiger partial charge >= 0.3 is 49.7 Å². The third-order valence-electron chi connectivity index (χ3n) is 1.70.